The molecule has 4 heteroatoms. The van der Waals surface area contributed by atoms with Crippen molar-refractivity contribution in [3.8, 4) is 5.75 Å². The molecule has 1 aromatic carbocycles. The lowest BCUT2D eigenvalue weighted by atomic mass is 10.1. The van der Waals surface area contributed by atoms with Crippen molar-refractivity contribution in [2.24, 2.45) is 0 Å². The molecule has 0 aliphatic heterocycles. The molecule has 1 rings (SSSR count). The van der Waals surface area contributed by atoms with Crippen LogP contribution in [0.25, 0.3) is 0 Å². The van der Waals surface area contributed by atoms with Crippen LogP contribution in [-0.4, -0.2) is 35.8 Å². The van der Waals surface area contributed by atoms with Crippen LogP contribution in [0.5, 0.6) is 5.75 Å². The van der Waals surface area contributed by atoms with Crippen molar-refractivity contribution in [1.29, 1.82) is 0 Å². The van der Waals surface area contributed by atoms with Gasteiger partial charge >= 0.3 is 0 Å². The van der Waals surface area contributed by atoms with Crippen LogP contribution >= 0.6 is 15.9 Å². The van der Waals surface area contributed by atoms with Gasteiger partial charge in [0, 0.05) is 17.9 Å². The van der Waals surface area contributed by atoms with Crippen LogP contribution in [-0.2, 0) is 0 Å². The highest BCUT2D eigenvalue weighted by atomic mass is 79.9. The van der Waals surface area contributed by atoms with Crippen LogP contribution in [0.3, 0.4) is 0 Å². The van der Waals surface area contributed by atoms with Crippen molar-refractivity contribution in [1.82, 2.24) is 4.90 Å². The lowest BCUT2D eigenvalue weighted by Crippen LogP contribution is -2.41. The van der Waals surface area contributed by atoms with Gasteiger partial charge in [0.1, 0.15) is 5.75 Å². The van der Waals surface area contributed by atoms with E-state index in [-0.39, 0.29) is 11.9 Å². The van der Waals surface area contributed by atoms with Gasteiger partial charge in [0.05, 0.1) is 12.7 Å². The number of halogens is 1. The lowest BCUT2D eigenvalue weighted by molar-refractivity contribution is 0.0679. The summed E-state index contributed by atoms with van der Waals surface area (Å²) in [5.41, 5.74) is 1.72. The van der Waals surface area contributed by atoms with Gasteiger partial charge in [0.25, 0.3) is 5.91 Å². The van der Waals surface area contributed by atoms with E-state index in [0.29, 0.717) is 17.9 Å². The van der Waals surface area contributed by atoms with E-state index >= 15 is 0 Å². The fourth-order valence-electron chi connectivity index (χ4n) is 2.41. The molecule has 112 valence electrons. The average molecular weight is 342 g/mol. The molecule has 0 N–H and O–H groups in total. The summed E-state index contributed by atoms with van der Waals surface area (Å²) in [6.45, 7) is 6.94. The number of methoxy groups -OCH3 is 1. The highest BCUT2D eigenvalue weighted by molar-refractivity contribution is 9.09. The number of carbonyl (C=O) groups excluding carboxylic acids is 1. The molecule has 0 unspecified atom stereocenters. The van der Waals surface area contributed by atoms with Gasteiger partial charge in [-0.05, 0) is 31.9 Å². The van der Waals surface area contributed by atoms with Gasteiger partial charge in [-0.1, -0.05) is 41.4 Å². The van der Waals surface area contributed by atoms with E-state index in [9.17, 15) is 4.79 Å². The Kier molecular flexibility index (Phi) is 7.06. The molecule has 0 saturated heterocycles. The molecular formula is C16H24BrNO2. The average Bonchev–Trinajstić information content (AvgIpc) is 2.46. The minimum absolute atomic E-state index is 0.0544. The number of hydrogen-bond donors (Lipinski definition) is 0. The highest BCUT2D eigenvalue weighted by Gasteiger charge is 2.24. The van der Waals surface area contributed by atoms with Gasteiger partial charge in [-0.2, -0.15) is 0 Å². The normalized spacial score (nSPS) is 10.7. The van der Waals surface area contributed by atoms with Crippen LogP contribution in [0.1, 0.15) is 42.6 Å². The molecular weight excluding hydrogens is 318 g/mol. The zero-order valence-electron chi connectivity index (χ0n) is 12.8. The Morgan fingerprint density at radius 1 is 1.35 bits per heavy atom. The lowest BCUT2D eigenvalue weighted by Gasteiger charge is -2.30. The van der Waals surface area contributed by atoms with Crippen molar-refractivity contribution in [2.45, 2.75) is 39.7 Å². The van der Waals surface area contributed by atoms with E-state index in [0.717, 1.165) is 23.7 Å². The smallest absolute Gasteiger partial charge is 0.257 e. The van der Waals surface area contributed by atoms with Crippen molar-refractivity contribution >= 4 is 21.8 Å². The number of hydrogen-bond acceptors (Lipinski definition) is 2. The van der Waals surface area contributed by atoms with Gasteiger partial charge < -0.3 is 9.64 Å². The van der Waals surface area contributed by atoms with Gasteiger partial charge in [-0.25, -0.2) is 0 Å². The van der Waals surface area contributed by atoms with Gasteiger partial charge in [0.15, 0.2) is 0 Å². The van der Waals surface area contributed by atoms with Crippen molar-refractivity contribution in [2.75, 3.05) is 19.0 Å². The van der Waals surface area contributed by atoms with Gasteiger partial charge in [-0.15, -0.1) is 0 Å². The third-order valence-electron chi connectivity index (χ3n) is 3.55. The number of alkyl halides is 1. The summed E-state index contributed by atoms with van der Waals surface area (Å²) in [5, 5.41) is 0.781. The molecule has 0 aromatic heterocycles. The number of carbonyl (C=O) groups is 1. The number of benzene rings is 1. The van der Waals surface area contributed by atoms with Crippen molar-refractivity contribution in [3.63, 3.8) is 0 Å². The van der Waals surface area contributed by atoms with Gasteiger partial charge in [-0.3, -0.25) is 4.79 Å². The summed E-state index contributed by atoms with van der Waals surface area (Å²) in [7, 11) is 1.60. The van der Waals surface area contributed by atoms with Crippen LogP contribution < -0.4 is 4.74 Å². The molecule has 1 amide bonds. The Morgan fingerprint density at radius 2 is 2.00 bits per heavy atom. The Morgan fingerprint density at radius 3 is 2.50 bits per heavy atom. The summed E-state index contributed by atoms with van der Waals surface area (Å²) in [4.78, 5) is 14.8. The maximum absolute atomic E-state index is 12.9. The SMILES string of the molecule is CCC(CC)N(CCBr)C(=O)c1cc(C)ccc1OC. The van der Waals surface area contributed by atoms with Crippen molar-refractivity contribution < 1.29 is 9.53 Å². The summed E-state index contributed by atoms with van der Waals surface area (Å²) in [6.07, 6.45) is 1.92. The second kappa shape index (κ2) is 8.30. The summed E-state index contributed by atoms with van der Waals surface area (Å²) in [6, 6.07) is 6.00. The van der Waals surface area contributed by atoms with Crippen molar-refractivity contribution in [3.05, 3.63) is 29.3 Å². The van der Waals surface area contributed by atoms with E-state index in [2.05, 4.69) is 29.8 Å². The van der Waals surface area contributed by atoms with Gasteiger partial charge in [0.2, 0.25) is 0 Å². The topological polar surface area (TPSA) is 29.5 Å². The first-order valence-electron chi connectivity index (χ1n) is 7.10. The first-order chi connectivity index (χ1) is 9.58. The Balaban J connectivity index is 3.14. The zero-order chi connectivity index (χ0) is 15.1. The molecule has 0 fully saturated rings. The minimum atomic E-state index is 0.0544. The van der Waals surface area contributed by atoms with E-state index in [1.807, 2.05) is 30.0 Å². The molecule has 0 bridgehead atoms. The first-order valence-corrected chi connectivity index (χ1v) is 8.22. The quantitative estimate of drug-likeness (QED) is 0.700. The molecule has 0 spiro atoms. The fourth-order valence-corrected chi connectivity index (χ4v) is 2.80. The number of ether oxygens (including phenoxy) is 1. The second-order valence-corrected chi connectivity index (χ2v) is 5.65. The largest absolute Gasteiger partial charge is 0.496 e. The third kappa shape index (κ3) is 3.98. The highest BCUT2D eigenvalue weighted by Crippen LogP contribution is 2.23. The van der Waals surface area contributed by atoms with E-state index in [1.165, 1.54) is 0 Å². The Hall–Kier alpha value is -1.03. The molecule has 20 heavy (non-hydrogen) atoms. The predicted octanol–water partition coefficient (Wildman–Crippen LogP) is 4.03. The van der Waals surface area contributed by atoms with E-state index in [1.54, 1.807) is 7.11 Å². The van der Waals surface area contributed by atoms with E-state index < -0.39 is 0 Å². The summed E-state index contributed by atoms with van der Waals surface area (Å²) < 4.78 is 5.34. The van der Waals surface area contributed by atoms with E-state index in [4.69, 9.17) is 4.74 Å². The summed E-state index contributed by atoms with van der Waals surface area (Å²) in [5.74, 6) is 0.699. The maximum Gasteiger partial charge on any atom is 0.257 e. The minimum Gasteiger partial charge on any atom is -0.496 e. The first kappa shape index (κ1) is 17.0. The molecule has 0 atom stereocenters. The molecule has 1 aromatic rings. The van der Waals surface area contributed by atoms with Crippen LogP contribution in [0.2, 0.25) is 0 Å². The maximum atomic E-state index is 12.9. The predicted molar refractivity (Wildman–Crippen MR) is 86.9 cm³/mol. The molecule has 0 saturated carbocycles. The molecule has 0 aliphatic carbocycles. The van der Waals surface area contributed by atoms with Crippen LogP contribution in [0.15, 0.2) is 18.2 Å². The fraction of sp³-hybridized carbons (Fsp3) is 0.562. The second-order valence-electron chi connectivity index (χ2n) is 4.86. The molecule has 3 nitrogen and oxygen atoms in total. The van der Waals surface area contributed by atoms with Crippen LogP contribution in [0.4, 0.5) is 0 Å². The Labute approximate surface area is 130 Å². The number of aryl methyl sites for hydroxylation is 1. The standard InChI is InChI=1S/C16H24BrNO2/c1-5-13(6-2)18(10-9-17)16(19)14-11-12(3)7-8-15(14)20-4/h7-8,11,13H,5-6,9-10H2,1-4H3. The number of amides is 1. The molecule has 0 radical (unpaired) electrons. The number of rotatable bonds is 7. The monoisotopic (exact) mass is 341 g/mol. The third-order valence-corrected chi connectivity index (χ3v) is 3.91. The molecule has 0 aliphatic rings. The Bertz CT molecular complexity index is 444. The molecule has 0 heterocycles. The van der Waals surface area contributed by atoms with Crippen LogP contribution in [0, 0.1) is 6.92 Å². The number of nitrogens with zero attached hydrogens (tertiary/aromatic N) is 1. The zero-order valence-corrected chi connectivity index (χ0v) is 14.4. The summed E-state index contributed by atoms with van der Waals surface area (Å²) >= 11 is 3.44.